The van der Waals surface area contributed by atoms with Crippen LogP contribution < -0.4 is 5.32 Å². The third-order valence-corrected chi connectivity index (χ3v) is 11.4. The number of methoxy groups -OCH3 is 1. The van der Waals surface area contributed by atoms with Gasteiger partial charge in [0.15, 0.2) is 0 Å². The molecule has 4 atom stereocenters. The molecule has 2 fully saturated rings. The van der Waals surface area contributed by atoms with Gasteiger partial charge in [0.25, 0.3) is 0 Å². The molecule has 4 aromatic carbocycles. The molecule has 2 heterocycles. The number of halogens is 1. The van der Waals surface area contributed by atoms with Crippen molar-refractivity contribution in [2.45, 2.75) is 111 Å². The fourth-order valence-electron chi connectivity index (χ4n) is 8.06. The lowest BCUT2D eigenvalue weighted by atomic mass is 9.90. The number of alkyl halides is 1. The Labute approximate surface area is 398 Å². The smallest absolute Gasteiger partial charge is 0.328 e. The van der Waals surface area contributed by atoms with Crippen molar-refractivity contribution in [1.82, 2.24) is 20.0 Å². The van der Waals surface area contributed by atoms with Gasteiger partial charge in [0.1, 0.15) is 6.04 Å². The molecule has 66 heavy (non-hydrogen) atoms. The second kappa shape index (κ2) is 27.0. The normalized spacial score (nSPS) is 17.9. The van der Waals surface area contributed by atoms with Gasteiger partial charge in [-0.1, -0.05) is 146 Å². The Morgan fingerprint density at radius 3 is 1.45 bits per heavy atom. The van der Waals surface area contributed by atoms with Crippen LogP contribution in [-0.4, -0.2) is 105 Å². The summed E-state index contributed by atoms with van der Waals surface area (Å²) >= 11 is 0. The van der Waals surface area contributed by atoms with Crippen molar-refractivity contribution in [2.24, 2.45) is 10.8 Å². The zero-order chi connectivity index (χ0) is 49.6. The summed E-state index contributed by atoms with van der Waals surface area (Å²) in [5.74, 6) is 11.7. The van der Waals surface area contributed by atoms with Crippen molar-refractivity contribution in [3.05, 3.63) is 144 Å². The molecule has 2 amide bonds. The number of likely N-dealkylation sites (N-methyl/N-ethyl adjacent to an activating group) is 2. The minimum Gasteiger partial charge on any atom is -0.467 e. The topological polar surface area (TPSA) is 82.2 Å². The summed E-state index contributed by atoms with van der Waals surface area (Å²) in [6.07, 6.45) is 2.51. The van der Waals surface area contributed by atoms with Gasteiger partial charge in [-0.05, 0) is 97.7 Å². The summed E-state index contributed by atoms with van der Waals surface area (Å²) in [5, 5.41) is 3.30. The summed E-state index contributed by atoms with van der Waals surface area (Å²) in [6, 6.07) is 39.7. The van der Waals surface area contributed by atoms with E-state index in [0.29, 0.717) is 25.6 Å². The van der Waals surface area contributed by atoms with Gasteiger partial charge in [0.05, 0.1) is 34.0 Å². The van der Waals surface area contributed by atoms with Crippen LogP contribution in [-0.2, 0) is 19.1 Å². The molecule has 6 rings (SSSR count). The van der Waals surface area contributed by atoms with Crippen molar-refractivity contribution in [3.8, 4) is 23.7 Å². The number of nitrogens with zero attached hydrogens (tertiary/aromatic N) is 3. The highest BCUT2D eigenvalue weighted by atomic mass is 19.1. The average Bonchev–Trinajstić information content (AvgIpc) is 3.94. The monoisotopic (exact) mass is 900 g/mol. The molecule has 0 aromatic heterocycles. The second-order valence-corrected chi connectivity index (χ2v) is 18.9. The molecule has 0 aliphatic carbocycles. The van der Waals surface area contributed by atoms with Crippen LogP contribution in [0.5, 0.6) is 0 Å². The number of benzene rings is 4. The van der Waals surface area contributed by atoms with Gasteiger partial charge >= 0.3 is 5.97 Å². The molecule has 354 valence electrons. The van der Waals surface area contributed by atoms with Crippen LogP contribution >= 0.6 is 0 Å². The van der Waals surface area contributed by atoms with E-state index in [0.717, 1.165) is 41.6 Å². The third-order valence-electron chi connectivity index (χ3n) is 11.4. The number of amides is 2. The Hall–Kier alpha value is -5.74. The van der Waals surface area contributed by atoms with Gasteiger partial charge in [0.2, 0.25) is 11.8 Å². The van der Waals surface area contributed by atoms with E-state index in [-0.39, 0.29) is 46.6 Å². The van der Waals surface area contributed by atoms with Crippen molar-refractivity contribution >= 4 is 17.8 Å². The third kappa shape index (κ3) is 16.9. The number of ether oxygens (including phenoxy) is 1. The van der Waals surface area contributed by atoms with Crippen LogP contribution in [0.1, 0.15) is 110 Å². The second-order valence-electron chi connectivity index (χ2n) is 18.9. The summed E-state index contributed by atoms with van der Waals surface area (Å²) in [5.41, 5.74) is 4.06. The lowest BCUT2D eigenvalue weighted by Gasteiger charge is -2.28. The Balaban J connectivity index is 0.000000301. The van der Waals surface area contributed by atoms with E-state index in [1.54, 1.807) is 4.90 Å². The molecule has 2 saturated heterocycles. The fourth-order valence-corrected chi connectivity index (χ4v) is 8.06. The largest absolute Gasteiger partial charge is 0.467 e. The van der Waals surface area contributed by atoms with Crippen LogP contribution in [0.4, 0.5) is 4.39 Å². The van der Waals surface area contributed by atoms with Crippen molar-refractivity contribution < 1.29 is 24.9 Å². The minimum atomic E-state index is -1.00. The average molecular weight is 900 g/mol. The molecule has 0 bridgehead atoms. The number of rotatable bonds is 10. The molecule has 2 aliphatic heterocycles. The van der Waals surface area contributed by atoms with E-state index in [9.17, 15) is 18.8 Å². The fraction of sp³-hybridized carbons (Fsp3) is 0.456. The zero-order valence-electron chi connectivity index (χ0n) is 42.3. The predicted octanol–water partition coefficient (Wildman–Crippen LogP) is 10.0. The Morgan fingerprint density at radius 2 is 1.12 bits per heavy atom. The molecule has 1 N–H and O–H groups in total. The number of hydrogen-bond donors (Lipinski definition) is 1. The van der Waals surface area contributed by atoms with Crippen LogP contribution in [0.15, 0.2) is 121 Å². The highest BCUT2D eigenvalue weighted by Crippen LogP contribution is 2.33. The minimum absolute atomic E-state index is 0.0273. The molecule has 4 aromatic rings. The maximum Gasteiger partial charge on any atom is 0.328 e. The summed E-state index contributed by atoms with van der Waals surface area (Å²) in [7, 11) is 4.34. The first-order chi connectivity index (χ1) is 31.9. The lowest BCUT2D eigenvalue weighted by Crippen LogP contribution is -2.44. The summed E-state index contributed by atoms with van der Waals surface area (Å²) in [6.45, 7) is 18.6. The van der Waals surface area contributed by atoms with E-state index < -0.39 is 19.1 Å². The molecular formula is C57H75FN4O4. The molecule has 0 spiro atoms. The summed E-state index contributed by atoms with van der Waals surface area (Å²) < 4.78 is 20.6. The molecule has 2 aliphatic rings. The molecule has 9 heteroatoms. The number of esters is 1. The molecule has 8 nitrogen and oxygen atoms in total. The van der Waals surface area contributed by atoms with Crippen LogP contribution in [0.25, 0.3) is 0 Å². The number of nitrogens with one attached hydrogen (secondary N) is 1. The lowest BCUT2D eigenvalue weighted by molar-refractivity contribution is -0.151. The Morgan fingerprint density at radius 1 is 0.727 bits per heavy atom. The summed E-state index contributed by atoms with van der Waals surface area (Å²) in [4.78, 5) is 45.8. The molecule has 0 radical (unpaired) electrons. The number of likely N-dealkylation sites (tertiary alicyclic amines) is 2. The van der Waals surface area contributed by atoms with Crippen molar-refractivity contribution in [3.63, 3.8) is 0 Å². The highest BCUT2D eigenvalue weighted by molar-refractivity contribution is 5.92. The maximum atomic E-state index is 14.0. The van der Waals surface area contributed by atoms with Gasteiger partial charge in [-0.2, -0.15) is 0 Å². The Kier molecular flexibility index (Phi) is 21.7. The SMILES string of the molecule is CCC#CC(C)(C)C.CN[C@H]1C[C@@H](C)N(C(=O)C(c2ccccc2)c2ccccc2)C1.COC(=O)[C@@H]1C[C@H](N(C)CC#CC(C)(C)C)CN1C(=O)C(c1ccccc1)c1ccccc1.[2H]CF. The van der Waals surface area contributed by atoms with E-state index in [1.165, 1.54) is 7.11 Å². The van der Waals surface area contributed by atoms with Gasteiger partial charge < -0.3 is 19.9 Å². The van der Waals surface area contributed by atoms with Gasteiger partial charge in [0, 0.05) is 48.5 Å². The van der Waals surface area contributed by atoms with Crippen LogP contribution in [0.3, 0.4) is 0 Å². The van der Waals surface area contributed by atoms with Gasteiger partial charge in [-0.3, -0.25) is 18.9 Å². The number of hydrogen-bond acceptors (Lipinski definition) is 6. The first-order valence-corrected chi connectivity index (χ1v) is 23.0. The van der Waals surface area contributed by atoms with Crippen molar-refractivity contribution in [1.29, 1.82) is 0 Å². The Bertz CT molecular complexity index is 2130. The van der Waals surface area contributed by atoms with Gasteiger partial charge in [-0.15, -0.1) is 5.92 Å². The number of carbonyl (C=O) groups is 3. The number of carbonyl (C=O) groups excluding carboxylic acids is 3. The standard InChI is InChI=1S/C28H34N2O3.C20H24N2O.C8H14.CH3F/c1-28(2,3)17-12-18-29(4)23-19-24(27(32)33-5)30(20-23)26(31)25(21-13-8-6-9-14-21)22-15-10-7-11-16-22;1-15-13-18(21-2)14-22(15)20(23)19(16-9-5-3-6-10-16)17-11-7-4-8-12-17;1-5-6-7-8(2,3)4;1-2/h6-11,13-16,23-25H,18-20H2,1-5H3;3-12,15,18-19,21H,13-14H2,1-2H3;5H2,1-4H3;1H3/t23-,24-;15-,18+;;/m01../s1/i;;;1D. The zero-order valence-corrected chi connectivity index (χ0v) is 41.3. The first kappa shape index (κ1) is 52.9. The first-order valence-electron chi connectivity index (χ1n) is 23.7. The van der Waals surface area contributed by atoms with Crippen LogP contribution in [0.2, 0.25) is 0 Å². The highest BCUT2D eigenvalue weighted by Gasteiger charge is 2.44. The van der Waals surface area contributed by atoms with E-state index in [1.807, 2.05) is 140 Å². The van der Waals surface area contributed by atoms with Crippen LogP contribution in [0, 0.1) is 34.5 Å². The molecular weight excluding hydrogens is 824 g/mol. The quantitative estimate of drug-likeness (QED) is 0.126. The molecule has 0 saturated carbocycles. The molecule has 0 unspecified atom stereocenters. The van der Waals surface area contributed by atoms with E-state index in [2.05, 4.69) is 89.3 Å². The van der Waals surface area contributed by atoms with E-state index in [4.69, 9.17) is 6.11 Å². The van der Waals surface area contributed by atoms with Gasteiger partial charge in [-0.25, -0.2) is 4.79 Å². The van der Waals surface area contributed by atoms with Crippen molar-refractivity contribution in [2.75, 3.05) is 48.0 Å². The predicted molar refractivity (Wildman–Crippen MR) is 268 cm³/mol. The maximum absolute atomic E-state index is 14.0. The van der Waals surface area contributed by atoms with E-state index >= 15 is 0 Å².